The zero-order valence-corrected chi connectivity index (χ0v) is 29.1. The fourth-order valence-corrected chi connectivity index (χ4v) is 8.28. The number of aliphatic hydroxyl groups excluding tert-OH is 1. The third kappa shape index (κ3) is 7.07. The maximum Gasteiger partial charge on any atom is 0.227 e. The molecule has 0 fully saturated rings. The quantitative estimate of drug-likeness (QED) is 0.0738. The molecule has 7 heteroatoms. The zero-order chi connectivity index (χ0) is 29.6. The number of pyridine rings is 1. The van der Waals surface area contributed by atoms with E-state index < -0.39 is 0 Å². The van der Waals surface area contributed by atoms with Crippen LogP contribution in [0.3, 0.4) is 0 Å². The number of rotatable bonds is 8. The van der Waals surface area contributed by atoms with Gasteiger partial charge in [-0.2, -0.15) is 0 Å². The van der Waals surface area contributed by atoms with Crippen LogP contribution in [0.5, 0.6) is 0 Å². The van der Waals surface area contributed by atoms with Crippen LogP contribution in [0.25, 0.3) is 11.3 Å². The summed E-state index contributed by atoms with van der Waals surface area (Å²) in [7, 11) is 0. The van der Waals surface area contributed by atoms with E-state index in [1.165, 1.54) is 42.0 Å². The second kappa shape index (κ2) is 15.4. The van der Waals surface area contributed by atoms with Gasteiger partial charge in [0, 0.05) is 44.2 Å². The van der Waals surface area contributed by atoms with E-state index in [-0.39, 0.29) is 50.2 Å². The molecule has 0 aliphatic carbocycles. The summed E-state index contributed by atoms with van der Waals surface area (Å²) < 4.78 is 0. The van der Waals surface area contributed by atoms with Crippen molar-refractivity contribution in [2.24, 2.45) is 11.8 Å². The summed E-state index contributed by atoms with van der Waals surface area (Å²) in [6, 6.07) is 29.4. The minimum absolute atomic E-state index is 0. The molecule has 0 saturated heterocycles. The smallest absolute Gasteiger partial charge is 0.227 e. The molecule has 223 valence electrons. The Morgan fingerprint density at radius 1 is 0.837 bits per heavy atom. The monoisotopic (exact) mass is 783 g/mol. The first kappa shape index (κ1) is 33.3. The van der Waals surface area contributed by atoms with Gasteiger partial charge in [-0.3, -0.25) is 4.79 Å². The van der Waals surface area contributed by atoms with Gasteiger partial charge in [0.25, 0.3) is 0 Å². The van der Waals surface area contributed by atoms with E-state index in [9.17, 15) is 9.90 Å². The molecule has 43 heavy (non-hydrogen) atoms. The molecule has 1 N–H and O–H groups in total. The summed E-state index contributed by atoms with van der Waals surface area (Å²) in [5, 5.41) is 9.76. The Kier molecular flexibility index (Phi) is 12.0. The number of ketones is 1. The summed E-state index contributed by atoms with van der Waals surface area (Å²) in [5.41, 5.74) is 6.33. The van der Waals surface area contributed by atoms with Gasteiger partial charge in [-0.25, -0.2) is 0 Å². The van der Waals surface area contributed by atoms with Gasteiger partial charge >= 0.3 is 0 Å². The number of nitrogens with zero attached hydrogens (tertiary/aromatic N) is 1. The molecule has 0 unspecified atom stereocenters. The molecule has 2 aliphatic heterocycles. The predicted octanol–water partition coefficient (Wildman–Crippen LogP) is 7.86. The molecule has 3 aromatic carbocycles. The third-order valence-electron chi connectivity index (χ3n) is 8.27. The van der Waals surface area contributed by atoms with Gasteiger partial charge < -0.3 is 10.1 Å². The molecule has 2 aliphatic rings. The van der Waals surface area contributed by atoms with E-state index in [4.69, 9.17) is 0 Å². The number of carbonyl (C=O) groups is 1. The summed E-state index contributed by atoms with van der Waals surface area (Å²) >= 11 is 3.72. The molecular formula is C36H37BIrNO2S2-. The molecule has 1 aromatic heterocycles. The van der Waals surface area contributed by atoms with Gasteiger partial charge in [0.1, 0.15) is 0 Å². The number of aliphatic hydroxyl groups is 1. The number of aromatic nitrogens is 1. The van der Waals surface area contributed by atoms with Crippen LogP contribution in [0, 0.1) is 17.9 Å². The van der Waals surface area contributed by atoms with Crippen molar-refractivity contribution in [2.75, 3.05) is 0 Å². The number of benzene rings is 3. The van der Waals surface area contributed by atoms with Crippen LogP contribution in [0.4, 0.5) is 0 Å². The molecule has 0 amide bonds. The second-order valence-corrected chi connectivity index (χ2v) is 12.8. The maximum absolute atomic E-state index is 11.7. The molecule has 4 aromatic rings. The molecule has 1 radical (unpaired) electrons. The van der Waals surface area contributed by atoms with Crippen LogP contribution >= 0.6 is 23.5 Å². The number of hydrogen-bond donors (Lipinski definition) is 1. The van der Waals surface area contributed by atoms with Crippen molar-refractivity contribution in [3.8, 4) is 11.3 Å². The van der Waals surface area contributed by atoms with E-state index >= 15 is 0 Å². The first-order valence-electron chi connectivity index (χ1n) is 15.0. The Morgan fingerprint density at radius 2 is 1.42 bits per heavy atom. The molecule has 3 nitrogen and oxygen atoms in total. The molecule has 6 rings (SSSR count). The summed E-state index contributed by atoms with van der Waals surface area (Å²) in [6.45, 7) is 8.35. The van der Waals surface area contributed by atoms with Gasteiger partial charge in [-0.15, -0.1) is 46.7 Å². The van der Waals surface area contributed by atoms with Crippen LogP contribution in [-0.2, 0) is 24.9 Å². The summed E-state index contributed by atoms with van der Waals surface area (Å²) in [4.78, 5) is 21.6. The van der Waals surface area contributed by atoms with Gasteiger partial charge in [-0.1, -0.05) is 96.9 Å². The number of hydrogen-bond acceptors (Lipinski definition) is 5. The Morgan fingerprint density at radius 3 is 2.00 bits per heavy atom. The average Bonchev–Trinajstić information content (AvgIpc) is 3.03. The Bertz CT molecular complexity index is 1570. The normalized spacial score (nSPS) is 12.9. The summed E-state index contributed by atoms with van der Waals surface area (Å²) in [5.74, 6) is 0.547. The van der Waals surface area contributed by atoms with Crippen molar-refractivity contribution in [3.63, 3.8) is 0 Å². The molecular weight excluding hydrogens is 746 g/mol. The Balaban J connectivity index is 0.000000230. The van der Waals surface area contributed by atoms with Crippen LogP contribution in [0.1, 0.15) is 53.4 Å². The van der Waals surface area contributed by atoms with Crippen molar-refractivity contribution in [1.82, 2.24) is 4.98 Å². The largest absolute Gasteiger partial charge is 0.512 e. The van der Waals surface area contributed by atoms with Crippen molar-refractivity contribution < 1.29 is 30.0 Å². The van der Waals surface area contributed by atoms with Gasteiger partial charge in [0.2, 0.25) is 6.71 Å². The second-order valence-electron chi connectivity index (χ2n) is 10.7. The molecule has 0 saturated carbocycles. The fourth-order valence-electron chi connectivity index (χ4n) is 5.80. The SMILES string of the molecule is CCC(CC)C(=O)/C=C(\O)C(CC)CC.[Ir].[c-]1cc2c3c(c1-c1ccccn1)Sc1ccccc1B3c1ccccc1S2. The molecule has 0 atom stereocenters. The van der Waals surface area contributed by atoms with E-state index in [2.05, 4.69) is 71.7 Å². The van der Waals surface area contributed by atoms with Crippen LogP contribution in [0.15, 0.2) is 110 Å². The minimum Gasteiger partial charge on any atom is -0.512 e. The fraction of sp³-hybridized carbons (Fsp3) is 0.278. The van der Waals surface area contributed by atoms with Gasteiger partial charge in [0.05, 0.1) is 5.76 Å². The molecule has 0 bridgehead atoms. The zero-order valence-electron chi connectivity index (χ0n) is 25.1. The molecule has 0 spiro atoms. The van der Waals surface area contributed by atoms with Crippen LogP contribution in [0.2, 0.25) is 0 Å². The number of allylic oxidation sites excluding steroid dienone is 2. The van der Waals surface area contributed by atoms with Gasteiger partial charge in [-0.05, 0) is 59.4 Å². The first-order valence-corrected chi connectivity index (χ1v) is 16.6. The first-order chi connectivity index (χ1) is 20.5. The minimum atomic E-state index is 0. The van der Waals surface area contributed by atoms with Crippen molar-refractivity contribution in [3.05, 3.63) is 96.9 Å². The van der Waals surface area contributed by atoms with Crippen LogP contribution in [-0.4, -0.2) is 22.6 Å². The number of fused-ring (bicyclic) bond motifs is 4. The third-order valence-corrected chi connectivity index (χ3v) is 10.6. The van der Waals surface area contributed by atoms with E-state index in [0.29, 0.717) is 0 Å². The van der Waals surface area contributed by atoms with E-state index in [1.807, 2.05) is 69.5 Å². The Hall–Kier alpha value is -2.57. The predicted molar refractivity (Wildman–Crippen MR) is 178 cm³/mol. The topological polar surface area (TPSA) is 50.2 Å². The molecule has 3 heterocycles. The van der Waals surface area contributed by atoms with Crippen LogP contribution < -0.4 is 16.4 Å². The maximum atomic E-state index is 11.7. The van der Waals surface area contributed by atoms with Crippen molar-refractivity contribution in [1.29, 1.82) is 0 Å². The Labute approximate surface area is 278 Å². The number of carbonyl (C=O) groups excluding carboxylic acids is 1. The van der Waals surface area contributed by atoms with E-state index in [1.54, 1.807) is 0 Å². The van der Waals surface area contributed by atoms with Crippen molar-refractivity contribution in [2.45, 2.75) is 73.0 Å². The summed E-state index contributed by atoms with van der Waals surface area (Å²) in [6.07, 6.45) is 6.77. The van der Waals surface area contributed by atoms with Gasteiger partial charge in [0.15, 0.2) is 5.78 Å². The standard InChI is InChI=1S/C23H13BNS2.C13H24O2.Ir/c1-3-10-19-16(7-1)24-17-8-2-4-11-20(17)27-23-15(18-9-5-6-14-25-18)12-13-21(26-19)22(23)24;1-5-10(6-2)12(14)9-13(15)11(7-3)8-4;/h1-11,13-14H;9-11,14H,5-8H2,1-4H3;/q-1;;/b;12-9-;. The average molecular weight is 783 g/mol. The van der Waals surface area contributed by atoms with E-state index in [0.717, 1.165) is 36.9 Å². The van der Waals surface area contributed by atoms with Crippen molar-refractivity contribution >= 4 is 52.4 Å².